The topological polar surface area (TPSA) is 158 Å². The van der Waals surface area contributed by atoms with Crippen LogP contribution in [0.25, 0.3) is 6.08 Å². The number of nitrogens with two attached hydrogens (primary N) is 1. The van der Waals surface area contributed by atoms with Gasteiger partial charge in [0.15, 0.2) is 0 Å². The van der Waals surface area contributed by atoms with Gasteiger partial charge in [-0.15, -0.1) is 0 Å². The zero-order valence-corrected chi connectivity index (χ0v) is 22.3. The Morgan fingerprint density at radius 2 is 1.38 bits per heavy atom. The van der Waals surface area contributed by atoms with E-state index in [1.807, 2.05) is 0 Å². The monoisotopic (exact) mass is 543 g/mol. The molecule has 10 heteroatoms. The summed E-state index contributed by atoms with van der Waals surface area (Å²) in [4.78, 5) is 49.7. The molecule has 0 unspecified atom stereocenters. The number of anilines is 1. The molecule has 0 fully saturated rings. The molecule has 0 saturated heterocycles. The van der Waals surface area contributed by atoms with E-state index < -0.39 is 23.8 Å². The third kappa shape index (κ3) is 7.87. The van der Waals surface area contributed by atoms with Crippen molar-refractivity contribution in [3.8, 4) is 5.75 Å². The number of aryl methyl sites for hydroxylation is 1. The van der Waals surface area contributed by atoms with Crippen molar-refractivity contribution in [2.24, 2.45) is 5.73 Å². The highest BCUT2D eigenvalue weighted by Gasteiger charge is 2.16. The summed E-state index contributed by atoms with van der Waals surface area (Å²) in [6.07, 6.45) is 2.86. The fraction of sp³-hybridized carbons (Fsp3) is 0.167. The maximum atomic E-state index is 12.6. The van der Waals surface area contributed by atoms with Gasteiger partial charge >= 0.3 is 17.9 Å². The lowest BCUT2D eigenvalue weighted by Gasteiger charge is -2.10. The predicted molar refractivity (Wildman–Crippen MR) is 150 cm³/mol. The SMILES string of the molecule is CCOC(=O)c1cc(NC(=O)/C=C/c2ccc(C(=O)Oc3ccc(C(=N)N)cc3)cc2C)cc(C(=O)OCC)c1. The van der Waals surface area contributed by atoms with Gasteiger partial charge in [-0.1, -0.05) is 6.07 Å². The first-order valence-corrected chi connectivity index (χ1v) is 12.4. The smallest absolute Gasteiger partial charge is 0.343 e. The summed E-state index contributed by atoms with van der Waals surface area (Å²) in [5.41, 5.74) is 8.08. The van der Waals surface area contributed by atoms with Gasteiger partial charge in [0.1, 0.15) is 11.6 Å². The number of carbonyl (C=O) groups excluding carboxylic acids is 4. The van der Waals surface area contributed by atoms with Crippen LogP contribution < -0.4 is 15.8 Å². The molecule has 0 heterocycles. The van der Waals surface area contributed by atoms with Crippen molar-refractivity contribution in [2.75, 3.05) is 18.5 Å². The molecule has 1 amide bonds. The first-order chi connectivity index (χ1) is 19.1. The molecule has 0 spiro atoms. The Bertz CT molecular complexity index is 1440. The maximum absolute atomic E-state index is 12.6. The minimum atomic E-state index is -0.637. The van der Waals surface area contributed by atoms with Crippen LogP contribution in [0, 0.1) is 12.3 Å². The summed E-state index contributed by atoms with van der Waals surface area (Å²) in [5.74, 6) is -2.12. The normalized spacial score (nSPS) is 10.6. The van der Waals surface area contributed by atoms with Crippen molar-refractivity contribution >= 4 is 41.4 Å². The van der Waals surface area contributed by atoms with Gasteiger partial charge in [-0.25, -0.2) is 14.4 Å². The number of hydrogen-bond acceptors (Lipinski definition) is 8. The zero-order valence-electron chi connectivity index (χ0n) is 22.3. The van der Waals surface area contributed by atoms with E-state index >= 15 is 0 Å². The van der Waals surface area contributed by atoms with Crippen LogP contribution in [0.15, 0.2) is 66.7 Å². The van der Waals surface area contributed by atoms with E-state index in [2.05, 4.69) is 5.32 Å². The van der Waals surface area contributed by atoms with Gasteiger partial charge in [-0.2, -0.15) is 0 Å². The molecule has 4 N–H and O–H groups in total. The molecule has 0 aliphatic rings. The molecule has 0 aliphatic heterocycles. The van der Waals surface area contributed by atoms with Crippen molar-refractivity contribution < 1.29 is 33.4 Å². The molecule has 206 valence electrons. The fourth-order valence-corrected chi connectivity index (χ4v) is 3.57. The molecule has 3 aromatic carbocycles. The van der Waals surface area contributed by atoms with Crippen LogP contribution in [0.4, 0.5) is 5.69 Å². The lowest BCUT2D eigenvalue weighted by molar-refractivity contribution is -0.111. The number of rotatable bonds is 10. The Morgan fingerprint density at radius 1 is 0.800 bits per heavy atom. The van der Waals surface area contributed by atoms with Gasteiger partial charge in [0, 0.05) is 17.3 Å². The van der Waals surface area contributed by atoms with Crippen molar-refractivity contribution in [1.29, 1.82) is 5.41 Å². The van der Waals surface area contributed by atoms with E-state index in [1.165, 1.54) is 24.3 Å². The van der Waals surface area contributed by atoms with E-state index in [0.717, 1.165) is 5.56 Å². The predicted octanol–water partition coefficient (Wildman–Crippen LogP) is 4.50. The Labute approximate surface area is 231 Å². The van der Waals surface area contributed by atoms with E-state index in [1.54, 1.807) is 69.3 Å². The highest BCUT2D eigenvalue weighted by molar-refractivity contribution is 6.04. The van der Waals surface area contributed by atoms with Crippen LogP contribution in [0.3, 0.4) is 0 Å². The second-order valence-electron chi connectivity index (χ2n) is 8.46. The average Bonchev–Trinajstić information content (AvgIpc) is 2.92. The third-order valence-electron chi connectivity index (χ3n) is 5.52. The second-order valence-corrected chi connectivity index (χ2v) is 8.46. The van der Waals surface area contributed by atoms with Crippen LogP contribution in [-0.2, 0) is 14.3 Å². The summed E-state index contributed by atoms with van der Waals surface area (Å²) in [6.45, 7) is 5.40. The Morgan fingerprint density at radius 3 is 1.90 bits per heavy atom. The maximum Gasteiger partial charge on any atom is 0.343 e. The average molecular weight is 544 g/mol. The third-order valence-corrected chi connectivity index (χ3v) is 5.52. The molecule has 0 radical (unpaired) electrons. The number of amides is 1. The molecule has 10 nitrogen and oxygen atoms in total. The van der Waals surface area contributed by atoms with Gasteiger partial charge in [0.05, 0.1) is 29.9 Å². The highest BCUT2D eigenvalue weighted by Crippen LogP contribution is 2.19. The Hall–Kier alpha value is -5.25. The van der Waals surface area contributed by atoms with Crippen LogP contribution >= 0.6 is 0 Å². The number of nitrogen functional groups attached to an aromatic ring is 1. The number of hydrogen-bond donors (Lipinski definition) is 3. The minimum Gasteiger partial charge on any atom is -0.462 e. The van der Waals surface area contributed by atoms with Crippen LogP contribution in [0.1, 0.15) is 61.6 Å². The van der Waals surface area contributed by atoms with Crippen LogP contribution in [-0.4, -0.2) is 42.9 Å². The minimum absolute atomic E-state index is 0.0857. The van der Waals surface area contributed by atoms with E-state index in [4.69, 9.17) is 25.4 Å². The number of amidine groups is 1. The first kappa shape index (κ1) is 29.3. The van der Waals surface area contributed by atoms with Gasteiger partial charge in [-0.05, 0) is 92.6 Å². The first-order valence-electron chi connectivity index (χ1n) is 12.4. The number of ether oxygens (including phenoxy) is 3. The molecule has 40 heavy (non-hydrogen) atoms. The van der Waals surface area contributed by atoms with Crippen LogP contribution in [0.5, 0.6) is 5.75 Å². The molecule has 0 atom stereocenters. The summed E-state index contributed by atoms with van der Waals surface area (Å²) >= 11 is 0. The highest BCUT2D eigenvalue weighted by atomic mass is 16.5. The Balaban J connectivity index is 1.71. The van der Waals surface area contributed by atoms with Crippen molar-refractivity contribution in [3.05, 3.63) is 100 Å². The molecule has 0 aromatic heterocycles. The number of nitrogens with one attached hydrogen (secondary N) is 2. The van der Waals surface area contributed by atoms with Crippen molar-refractivity contribution in [3.63, 3.8) is 0 Å². The summed E-state index contributed by atoms with van der Waals surface area (Å²) in [5, 5.41) is 10.1. The standard InChI is InChI=1S/C30H29N3O7/c1-4-38-28(35)22-15-23(29(36)39-5-2)17-24(16-22)33-26(34)13-10-19-6-7-21(14-18(19)3)30(37)40-25-11-8-20(9-12-25)27(31)32/h6-17H,4-5H2,1-3H3,(H3,31,32)(H,33,34)/b13-10+. The van der Waals surface area contributed by atoms with Gasteiger partial charge in [-0.3, -0.25) is 10.2 Å². The molecule has 0 aliphatic carbocycles. The van der Waals surface area contributed by atoms with Gasteiger partial charge in [0.2, 0.25) is 5.91 Å². The molecule has 3 aromatic rings. The summed E-state index contributed by atoms with van der Waals surface area (Å²) in [7, 11) is 0. The number of benzene rings is 3. The molecule has 3 rings (SSSR count). The summed E-state index contributed by atoms with van der Waals surface area (Å²) < 4.78 is 15.4. The second kappa shape index (κ2) is 13.5. The number of esters is 3. The van der Waals surface area contributed by atoms with E-state index in [-0.39, 0.29) is 35.9 Å². The zero-order chi connectivity index (χ0) is 29.2. The quantitative estimate of drug-likeness (QED) is 0.111. The molecule has 0 saturated carbocycles. The van der Waals surface area contributed by atoms with E-state index in [9.17, 15) is 19.2 Å². The fourth-order valence-electron chi connectivity index (χ4n) is 3.57. The van der Waals surface area contributed by atoms with Crippen molar-refractivity contribution in [1.82, 2.24) is 0 Å². The number of carbonyl (C=O) groups is 4. The Kier molecular flexibility index (Phi) is 9.90. The molecule has 0 bridgehead atoms. The summed E-state index contributed by atoms with van der Waals surface area (Å²) in [6, 6.07) is 15.3. The van der Waals surface area contributed by atoms with Crippen molar-refractivity contribution in [2.45, 2.75) is 20.8 Å². The van der Waals surface area contributed by atoms with Crippen LogP contribution in [0.2, 0.25) is 0 Å². The van der Waals surface area contributed by atoms with Gasteiger partial charge in [0.25, 0.3) is 0 Å². The molecular formula is C30H29N3O7. The van der Waals surface area contributed by atoms with Gasteiger partial charge < -0.3 is 25.3 Å². The largest absolute Gasteiger partial charge is 0.462 e. The lowest BCUT2D eigenvalue weighted by atomic mass is 10.0. The lowest BCUT2D eigenvalue weighted by Crippen LogP contribution is -2.13. The molecular weight excluding hydrogens is 514 g/mol. The van der Waals surface area contributed by atoms with E-state index in [0.29, 0.717) is 22.4 Å².